The lowest BCUT2D eigenvalue weighted by atomic mass is 9.95. The Morgan fingerprint density at radius 2 is 2.17 bits per heavy atom. The molecule has 0 amide bonds. The molecule has 1 saturated carbocycles. The Labute approximate surface area is 104 Å². The molecule has 1 unspecified atom stereocenters. The fraction of sp³-hybridized carbons (Fsp3) is 0.429. The Bertz CT molecular complexity index is 676. The number of aromatic nitrogens is 1. The number of benzene rings is 1. The van der Waals surface area contributed by atoms with Crippen LogP contribution in [0.2, 0.25) is 0 Å². The third-order valence-corrected chi connectivity index (χ3v) is 3.82. The van der Waals surface area contributed by atoms with Crippen LogP contribution in [-0.2, 0) is 7.05 Å². The molecule has 1 atom stereocenters. The molecule has 94 valence electrons. The van der Waals surface area contributed by atoms with E-state index in [2.05, 4.69) is 0 Å². The average molecular weight is 245 g/mol. The first-order valence-electron chi connectivity index (χ1n) is 6.21. The molecule has 4 heteroatoms. The Balaban J connectivity index is 2.02. The van der Waals surface area contributed by atoms with Crippen LogP contribution in [-0.4, -0.2) is 10.4 Å². The summed E-state index contributed by atoms with van der Waals surface area (Å²) in [5.74, 6) is 0.351. The van der Waals surface area contributed by atoms with Crippen molar-refractivity contribution in [2.45, 2.75) is 19.8 Å². The Morgan fingerprint density at radius 1 is 1.44 bits per heavy atom. The summed E-state index contributed by atoms with van der Waals surface area (Å²) < 4.78 is 6.54. The Kier molecular flexibility index (Phi) is 2.40. The summed E-state index contributed by atoms with van der Waals surface area (Å²) in [7, 11) is 1.66. The number of carbonyl (C=O) groups is 1. The van der Waals surface area contributed by atoms with Crippen LogP contribution in [0.3, 0.4) is 0 Å². The zero-order valence-electron chi connectivity index (χ0n) is 10.5. The molecule has 0 spiro atoms. The van der Waals surface area contributed by atoms with E-state index in [1.54, 1.807) is 25.2 Å². The van der Waals surface area contributed by atoms with Crippen LogP contribution < -0.4 is 5.76 Å². The van der Waals surface area contributed by atoms with E-state index in [1.165, 1.54) is 4.57 Å². The number of nitrogens with zero attached hydrogens (tertiary/aromatic N) is 1. The minimum absolute atomic E-state index is 0.0675. The van der Waals surface area contributed by atoms with Gasteiger partial charge in [-0.1, -0.05) is 6.92 Å². The molecule has 0 bridgehead atoms. The Morgan fingerprint density at radius 3 is 2.83 bits per heavy atom. The molecule has 1 aliphatic carbocycles. The fourth-order valence-electron chi connectivity index (χ4n) is 2.36. The summed E-state index contributed by atoms with van der Waals surface area (Å²) in [6, 6.07) is 5.23. The van der Waals surface area contributed by atoms with Crippen molar-refractivity contribution in [2.75, 3.05) is 0 Å². The number of carbonyl (C=O) groups excluding carboxylic acids is 1. The average Bonchev–Trinajstić information content (AvgIpc) is 3.16. The second kappa shape index (κ2) is 3.83. The highest BCUT2D eigenvalue weighted by atomic mass is 16.4. The van der Waals surface area contributed by atoms with Gasteiger partial charge in [0.2, 0.25) is 0 Å². The van der Waals surface area contributed by atoms with Gasteiger partial charge < -0.3 is 4.42 Å². The smallest absolute Gasteiger partial charge is 0.408 e. The minimum Gasteiger partial charge on any atom is -0.408 e. The molecule has 18 heavy (non-hydrogen) atoms. The van der Waals surface area contributed by atoms with E-state index in [9.17, 15) is 9.59 Å². The number of hydrogen-bond donors (Lipinski definition) is 0. The number of rotatable bonds is 3. The summed E-state index contributed by atoms with van der Waals surface area (Å²) in [6.45, 7) is 1.98. The van der Waals surface area contributed by atoms with Crippen LogP contribution in [0.1, 0.15) is 30.1 Å². The molecule has 1 heterocycles. The maximum Gasteiger partial charge on any atom is 0.419 e. The van der Waals surface area contributed by atoms with Gasteiger partial charge in [-0.2, -0.15) is 0 Å². The number of aryl methyl sites for hydroxylation is 1. The summed E-state index contributed by atoms with van der Waals surface area (Å²) in [6.07, 6.45) is 2.30. The van der Waals surface area contributed by atoms with Crippen LogP contribution in [0.4, 0.5) is 0 Å². The number of hydrogen-bond acceptors (Lipinski definition) is 3. The molecule has 0 radical (unpaired) electrons. The first-order chi connectivity index (χ1) is 8.58. The van der Waals surface area contributed by atoms with Gasteiger partial charge in [-0.15, -0.1) is 0 Å². The van der Waals surface area contributed by atoms with E-state index in [4.69, 9.17) is 4.42 Å². The quantitative estimate of drug-likeness (QED) is 0.780. The molecule has 4 nitrogen and oxygen atoms in total. The van der Waals surface area contributed by atoms with Crippen molar-refractivity contribution in [3.63, 3.8) is 0 Å². The van der Waals surface area contributed by atoms with Gasteiger partial charge in [-0.05, 0) is 37.0 Å². The van der Waals surface area contributed by atoms with Crippen molar-refractivity contribution in [2.24, 2.45) is 18.9 Å². The van der Waals surface area contributed by atoms with E-state index in [-0.39, 0.29) is 11.7 Å². The molecular weight excluding hydrogens is 230 g/mol. The van der Waals surface area contributed by atoms with Gasteiger partial charge in [0.05, 0.1) is 5.52 Å². The molecule has 0 saturated heterocycles. The van der Waals surface area contributed by atoms with Gasteiger partial charge in [-0.25, -0.2) is 4.79 Å². The molecule has 0 aliphatic heterocycles. The fourth-order valence-corrected chi connectivity index (χ4v) is 2.36. The van der Waals surface area contributed by atoms with Gasteiger partial charge in [0, 0.05) is 18.5 Å². The predicted molar refractivity (Wildman–Crippen MR) is 67.7 cm³/mol. The van der Waals surface area contributed by atoms with E-state index in [0.717, 1.165) is 18.4 Å². The predicted octanol–water partition coefficient (Wildman–Crippen LogP) is 2.36. The summed E-state index contributed by atoms with van der Waals surface area (Å²) in [4.78, 5) is 23.6. The number of fused-ring (bicyclic) bond motifs is 1. The van der Waals surface area contributed by atoms with Gasteiger partial charge in [0.15, 0.2) is 11.4 Å². The monoisotopic (exact) mass is 245 g/mol. The lowest BCUT2D eigenvalue weighted by molar-refractivity contribution is 0.0916. The zero-order chi connectivity index (χ0) is 12.9. The van der Waals surface area contributed by atoms with Gasteiger partial charge in [-0.3, -0.25) is 9.36 Å². The van der Waals surface area contributed by atoms with E-state index in [0.29, 0.717) is 17.1 Å². The molecule has 1 aromatic carbocycles. The van der Waals surface area contributed by atoms with E-state index < -0.39 is 5.76 Å². The second-order valence-corrected chi connectivity index (χ2v) is 5.10. The molecule has 3 rings (SSSR count). The van der Waals surface area contributed by atoms with Gasteiger partial charge in [0.25, 0.3) is 0 Å². The molecule has 0 N–H and O–H groups in total. The van der Waals surface area contributed by atoms with E-state index >= 15 is 0 Å². The summed E-state index contributed by atoms with van der Waals surface area (Å²) in [5.41, 5.74) is 1.84. The minimum atomic E-state index is -0.398. The Hall–Kier alpha value is -1.84. The highest BCUT2D eigenvalue weighted by Gasteiger charge is 2.33. The third-order valence-electron chi connectivity index (χ3n) is 3.82. The van der Waals surface area contributed by atoms with Gasteiger partial charge >= 0.3 is 5.76 Å². The lowest BCUT2D eigenvalue weighted by Gasteiger charge is -2.08. The van der Waals surface area contributed by atoms with Crippen molar-refractivity contribution in [3.8, 4) is 0 Å². The van der Waals surface area contributed by atoms with Crippen molar-refractivity contribution in [1.82, 2.24) is 4.57 Å². The third kappa shape index (κ3) is 1.68. The number of oxazole rings is 1. The lowest BCUT2D eigenvalue weighted by Crippen LogP contribution is -2.13. The van der Waals surface area contributed by atoms with Crippen molar-refractivity contribution >= 4 is 16.9 Å². The maximum atomic E-state index is 12.2. The normalized spacial score (nSPS) is 17.0. The first-order valence-corrected chi connectivity index (χ1v) is 6.21. The summed E-state index contributed by atoms with van der Waals surface area (Å²) in [5, 5.41) is 0. The van der Waals surface area contributed by atoms with Crippen molar-refractivity contribution in [3.05, 3.63) is 34.3 Å². The van der Waals surface area contributed by atoms with E-state index in [1.807, 2.05) is 6.92 Å². The van der Waals surface area contributed by atoms with Gasteiger partial charge in [0.1, 0.15) is 0 Å². The highest BCUT2D eigenvalue weighted by molar-refractivity contribution is 6.00. The van der Waals surface area contributed by atoms with Crippen LogP contribution in [0.25, 0.3) is 11.1 Å². The topological polar surface area (TPSA) is 52.2 Å². The summed E-state index contributed by atoms with van der Waals surface area (Å²) >= 11 is 0. The maximum absolute atomic E-state index is 12.2. The molecule has 1 aromatic heterocycles. The van der Waals surface area contributed by atoms with Crippen molar-refractivity contribution in [1.29, 1.82) is 0 Å². The largest absolute Gasteiger partial charge is 0.419 e. The van der Waals surface area contributed by atoms with Crippen LogP contribution in [0.15, 0.2) is 27.4 Å². The number of ketones is 1. The second-order valence-electron chi connectivity index (χ2n) is 5.10. The van der Waals surface area contributed by atoms with Crippen LogP contribution in [0, 0.1) is 11.8 Å². The first kappa shape index (κ1) is 11.3. The molecule has 2 aromatic rings. The number of Topliss-reactive ketones (excluding diaryl/α,β-unsaturated/α-hetero) is 1. The highest BCUT2D eigenvalue weighted by Crippen LogP contribution is 2.38. The molecule has 1 aliphatic rings. The van der Waals surface area contributed by atoms with Crippen LogP contribution in [0.5, 0.6) is 0 Å². The van der Waals surface area contributed by atoms with Crippen LogP contribution >= 0.6 is 0 Å². The molecular formula is C14H15NO3. The van der Waals surface area contributed by atoms with Crippen molar-refractivity contribution < 1.29 is 9.21 Å². The zero-order valence-corrected chi connectivity index (χ0v) is 10.5. The standard InChI is InChI=1S/C14H15NO3/c1-8(9-3-4-9)13(16)10-5-6-11-12(7-10)18-14(17)15(11)2/h5-9H,3-4H2,1-2H3. The molecule has 1 fully saturated rings. The SMILES string of the molecule is CC(C(=O)c1ccc2c(c1)oc(=O)n2C)C1CC1.